The molecule has 5 rings (SSSR count). The highest BCUT2D eigenvalue weighted by Gasteiger charge is 2.43. The van der Waals surface area contributed by atoms with E-state index in [4.69, 9.17) is 9.47 Å². The number of rotatable bonds is 5. The Morgan fingerprint density at radius 1 is 1.00 bits per heavy atom. The molecule has 1 atom stereocenters. The molecule has 8 heteroatoms. The van der Waals surface area contributed by atoms with E-state index in [9.17, 15) is 9.90 Å². The van der Waals surface area contributed by atoms with Gasteiger partial charge in [0.25, 0.3) is 5.91 Å². The van der Waals surface area contributed by atoms with Crippen LogP contribution >= 0.6 is 15.9 Å². The van der Waals surface area contributed by atoms with Gasteiger partial charge >= 0.3 is 0 Å². The molecule has 1 amide bonds. The molecule has 2 heterocycles. The van der Waals surface area contributed by atoms with Gasteiger partial charge in [-0.2, -0.15) is 5.10 Å². The Hall–Kier alpha value is -3.78. The van der Waals surface area contributed by atoms with E-state index in [0.717, 1.165) is 32.6 Å². The molecule has 0 fully saturated rings. The van der Waals surface area contributed by atoms with Gasteiger partial charge in [-0.3, -0.25) is 14.8 Å². The molecule has 0 spiro atoms. The number of hydrogen-bond acceptors (Lipinski definition) is 5. The molecule has 0 radical (unpaired) electrons. The zero-order chi connectivity index (χ0) is 23.1. The average Bonchev–Trinajstić information content (AvgIpc) is 3.39. The van der Waals surface area contributed by atoms with Crippen LogP contribution in [-0.2, 0) is 0 Å². The number of hydrogen-bond donors (Lipinski definition) is 2. The van der Waals surface area contributed by atoms with Crippen LogP contribution in [0, 0.1) is 0 Å². The second-order valence-electron chi connectivity index (χ2n) is 7.57. The lowest BCUT2D eigenvalue weighted by atomic mass is 9.95. The second-order valence-corrected chi connectivity index (χ2v) is 8.49. The minimum atomic E-state index is -0.473. The van der Waals surface area contributed by atoms with E-state index in [0.29, 0.717) is 17.1 Å². The lowest BCUT2D eigenvalue weighted by Gasteiger charge is -2.27. The molecule has 1 aliphatic heterocycles. The summed E-state index contributed by atoms with van der Waals surface area (Å²) in [7, 11) is 3.11. The lowest BCUT2D eigenvalue weighted by Crippen LogP contribution is -2.29. The molecular formula is C25H20BrN3O4. The van der Waals surface area contributed by atoms with Crippen LogP contribution in [0.15, 0.2) is 71.2 Å². The van der Waals surface area contributed by atoms with Gasteiger partial charge in [0.1, 0.15) is 11.4 Å². The van der Waals surface area contributed by atoms with Crippen molar-refractivity contribution >= 4 is 27.5 Å². The van der Waals surface area contributed by atoms with Crippen LogP contribution < -0.4 is 14.4 Å². The number of H-pyrrole nitrogens is 1. The summed E-state index contributed by atoms with van der Waals surface area (Å²) < 4.78 is 11.5. The van der Waals surface area contributed by atoms with Gasteiger partial charge in [-0.15, -0.1) is 0 Å². The van der Waals surface area contributed by atoms with Crippen LogP contribution in [0.4, 0.5) is 5.69 Å². The maximum Gasteiger partial charge on any atom is 0.277 e. The van der Waals surface area contributed by atoms with E-state index >= 15 is 0 Å². The number of aromatic hydroxyl groups is 1. The summed E-state index contributed by atoms with van der Waals surface area (Å²) in [6, 6.07) is 19.8. The van der Waals surface area contributed by atoms with Gasteiger partial charge in [0.2, 0.25) is 0 Å². The van der Waals surface area contributed by atoms with Crippen LogP contribution in [0.25, 0.3) is 11.3 Å². The van der Waals surface area contributed by atoms with Crippen LogP contribution in [0.2, 0.25) is 0 Å². The number of amides is 1. The number of fused-ring (bicyclic) bond motifs is 1. The fourth-order valence-electron chi connectivity index (χ4n) is 4.16. The fraction of sp³-hybridized carbons (Fsp3) is 0.120. The number of phenolic OH excluding ortho intramolecular Hbond substituents is 1. The fourth-order valence-corrected chi connectivity index (χ4v) is 4.43. The summed E-state index contributed by atoms with van der Waals surface area (Å²) in [5.74, 6) is 0.914. The van der Waals surface area contributed by atoms with Gasteiger partial charge in [0.05, 0.1) is 26.0 Å². The van der Waals surface area contributed by atoms with Crippen molar-refractivity contribution in [3.63, 3.8) is 0 Å². The average molecular weight is 506 g/mol. The zero-order valence-corrected chi connectivity index (χ0v) is 19.5. The predicted molar refractivity (Wildman–Crippen MR) is 128 cm³/mol. The molecule has 3 aromatic carbocycles. The number of aromatic amines is 1. The van der Waals surface area contributed by atoms with Crippen molar-refractivity contribution in [2.45, 2.75) is 6.04 Å². The third kappa shape index (κ3) is 3.52. The number of aromatic nitrogens is 2. The molecule has 7 nitrogen and oxygen atoms in total. The number of methoxy groups -OCH3 is 2. The normalized spacial score (nSPS) is 14.9. The Balaban J connectivity index is 1.71. The van der Waals surface area contributed by atoms with Crippen molar-refractivity contribution < 1.29 is 19.4 Å². The maximum absolute atomic E-state index is 13.6. The molecule has 0 saturated carbocycles. The number of benzene rings is 3. The third-order valence-electron chi connectivity index (χ3n) is 5.76. The first-order chi connectivity index (χ1) is 16.0. The Morgan fingerprint density at radius 2 is 1.73 bits per heavy atom. The summed E-state index contributed by atoms with van der Waals surface area (Å²) >= 11 is 3.46. The largest absolute Gasteiger partial charge is 0.504 e. The first-order valence-electron chi connectivity index (χ1n) is 10.2. The molecule has 0 unspecified atom stereocenters. The summed E-state index contributed by atoms with van der Waals surface area (Å²) in [4.78, 5) is 15.3. The molecule has 0 aliphatic carbocycles. The molecule has 0 bridgehead atoms. The number of phenols is 1. The monoisotopic (exact) mass is 505 g/mol. The van der Waals surface area contributed by atoms with Crippen LogP contribution in [0.5, 0.6) is 17.2 Å². The smallest absolute Gasteiger partial charge is 0.277 e. The van der Waals surface area contributed by atoms with E-state index in [2.05, 4.69) is 26.1 Å². The van der Waals surface area contributed by atoms with Crippen molar-refractivity contribution in [2.75, 3.05) is 19.1 Å². The van der Waals surface area contributed by atoms with Gasteiger partial charge in [0.15, 0.2) is 11.5 Å². The van der Waals surface area contributed by atoms with Crippen molar-refractivity contribution in [3.05, 3.63) is 88.0 Å². The van der Waals surface area contributed by atoms with Gasteiger partial charge in [-0.05, 0) is 66.2 Å². The molecule has 0 saturated heterocycles. The summed E-state index contributed by atoms with van der Waals surface area (Å²) in [5.41, 5.74) is 4.26. The molecule has 166 valence electrons. The molecule has 4 aromatic rings. The van der Waals surface area contributed by atoms with Crippen LogP contribution in [-0.4, -0.2) is 35.4 Å². The number of halogens is 1. The Kier molecular flexibility index (Phi) is 5.30. The first-order valence-corrected chi connectivity index (χ1v) is 11.0. The van der Waals surface area contributed by atoms with Crippen LogP contribution in [0.3, 0.4) is 0 Å². The van der Waals surface area contributed by atoms with Gasteiger partial charge in [0, 0.05) is 21.3 Å². The van der Waals surface area contributed by atoms with Gasteiger partial charge in [-0.25, -0.2) is 0 Å². The molecule has 33 heavy (non-hydrogen) atoms. The summed E-state index contributed by atoms with van der Waals surface area (Å²) in [6.45, 7) is 0. The molecule has 1 aromatic heterocycles. The van der Waals surface area contributed by atoms with E-state index < -0.39 is 6.04 Å². The quantitative estimate of drug-likeness (QED) is 0.383. The predicted octanol–water partition coefficient (Wildman–Crippen LogP) is 5.31. The van der Waals surface area contributed by atoms with Crippen molar-refractivity contribution in [2.24, 2.45) is 0 Å². The third-order valence-corrected chi connectivity index (χ3v) is 6.28. The Morgan fingerprint density at radius 3 is 2.39 bits per heavy atom. The zero-order valence-electron chi connectivity index (χ0n) is 17.9. The van der Waals surface area contributed by atoms with Crippen molar-refractivity contribution in [3.8, 4) is 28.5 Å². The van der Waals surface area contributed by atoms with Crippen molar-refractivity contribution in [1.29, 1.82) is 0 Å². The lowest BCUT2D eigenvalue weighted by molar-refractivity contribution is 0.0988. The van der Waals surface area contributed by atoms with E-state index in [1.54, 1.807) is 30.2 Å². The molecule has 2 N–H and O–H groups in total. The maximum atomic E-state index is 13.6. The number of ether oxygens (including phenoxy) is 2. The topological polar surface area (TPSA) is 87.7 Å². The van der Waals surface area contributed by atoms with E-state index in [-0.39, 0.29) is 11.7 Å². The second kappa shape index (κ2) is 8.29. The highest BCUT2D eigenvalue weighted by molar-refractivity contribution is 9.10. The molecular weight excluding hydrogens is 486 g/mol. The van der Waals surface area contributed by atoms with Crippen molar-refractivity contribution in [1.82, 2.24) is 10.2 Å². The Bertz CT molecular complexity index is 1330. The summed E-state index contributed by atoms with van der Waals surface area (Å²) in [5, 5.41) is 17.6. The number of anilines is 1. The van der Waals surface area contributed by atoms with Crippen LogP contribution in [0.1, 0.15) is 27.7 Å². The number of carbonyl (C=O) groups excluding carboxylic acids is 1. The van der Waals surface area contributed by atoms with Gasteiger partial charge in [-0.1, -0.05) is 22.0 Å². The SMILES string of the molecule is COc1ccc(-c2n[nH]c3c2[C@H](c2ccc(O)c(OC)c2)N(c2ccc(Br)cc2)C3=O)cc1. The van der Waals surface area contributed by atoms with Gasteiger partial charge < -0.3 is 14.6 Å². The molecule has 1 aliphatic rings. The minimum absolute atomic E-state index is 0.0311. The number of carbonyl (C=O) groups is 1. The van der Waals surface area contributed by atoms with E-state index in [1.807, 2.05) is 48.5 Å². The first kappa shape index (κ1) is 21.1. The van der Waals surface area contributed by atoms with E-state index in [1.165, 1.54) is 7.11 Å². The number of nitrogens with one attached hydrogen (secondary N) is 1. The minimum Gasteiger partial charge on any atom is -0.504 e. The standard InChI is InChI=1S/C25H20BrN3O4/c1-32-18-10-3-14(4-11-18)22-21-23(28-27-22)25(31)29(17-8-6-16(26)7-9-17)24(21)15-5-12-19(30)20(13-15)33-2/h3-13,24,30H,1-2H3,(H,27,28)/t24-/m0/s1. The number of nitrogens with zero attached hydrogens (tertiary/aromatic N) is 2. The highest BCUT2D eigenvalue weighted by atomic mass is 79.9. The highest BCUT2D eigenvalue weighted by Crippen LogP contribution is 2.46. The summed E-state index contributed by atoms with van der Waals surface area (Å²) in [6.07, 6.45) is 0. The Labute approximate surface area is 198 Å².